The van der Waals surface area contributed by atoms with E-state index >= 15 is 0 Å². The number of nitrogens with one attached hydrogen (secondary N) is 1. The molecule has 0 saturated carbocycles. The SMILES string of the molecule is CC[C@@H](C)Nc1ncnc2c1nnn2Cc1ccccc1F. The van der Waals surface area contributed by atoms with Gasteiger partial charge in [0.05, 0.1) is 6.54 Å². The fourth-order valence-electron chi connectivity index (χ4n) is 2.13. The van der Waals surface area contributed by atoms with Crippen molar-refractivity contribution in [2.45, 2.75) is 32.9 Å². The maximum absolute atomic E-state index is 13.8. The van der Waals surface area contributed by atoms with Crippen molar-refractivity contribution in [3.05, 3.63) is 42.0 Å². The van der Waals surface area contributed by atoms with Crippen LogP contribution in [-0.4, -0.2) is 31.0 Å². The molecule has 3 rings (SSSR count). The molecule has 0 unspecified atom stereocenters. The highest BCUT2D eigenvalue weighted by molar-refractivity contribution is 5.81. The lowest BCUT2D eigenvalue weighted by atomic mass is 10.2. The Balaban J connectivity index is 1.96. The molecule has 0 fully saturated rings. The Kier molecular flexibility index (Phi) is 3.95. The minimum atomic E-state index is -0.266. The first-order chi connectivity index (χ1) is 10.7. The van der Waals surface area contributed by atoms with E-state index in [0.717, 1.165) is 6.42 Å². The van der Waals surface area contributed by atoms with Crippen molar-refractivity contribution in [2.75, 3.05) is 5.32 Å². The first-order valence-electron chi connectivity index (χ1n) is 7.23. The Labute approximate surface area is 127 Å². The zero-order valence-corrected chi connectivity index (χ0v) is 12.5. The smallest absolute Gasteiger partial charge is 0.184 e. The Hall–Kier alpha value is -2.57. The van der Waals surface area contributed by atoms with Crippen LogP contribution < -0.4 is 5.32 Å². The predicted octanol–water partition coefficient (Wildman–Crippen LogP) is 2.62. The summed E-state index contributed by atoms with van der Waals surface area (Å²) in [5.74, 6) is 0.386. The van der Waals surface area contributed by atoms with Crippen molar-refractivity contribution >= 4 is 17.0 Å². The number of aromatic nitrogens is 5. The molecular weight excluding hydrogens is 283 g/mol. The van der Waals surface area contributed by atoms with Crippen molar-refractivity contribution < 1.29 is 4.39 Å². The lowest BCUT2D eigenvalue weighted by Gasteiger charge is -2.11. The summed E-state index contributed by atoms with van der Waals surface area (Å²) in [6, 6.07) is 6.88. The highest BCUT2D eigenvalue weighted by Crippen LogP contribution is 2.18. The summed E-state index contributed by atoms with van der Waals surface area (Å²) in [5, 5.41) is 11.5. The van der Waals surface area contributed by atoms with Gasteiger partial charge in [-0.2, -0.15) is 0 Å². The molecule has 0 spiro atoms. The third kappa shape index (κ3) is 2.74. The predicted molar refractivity (Wildman–Crippen MR) is 82.0 cm³/mol. The van der Waals surface area contributed by atoms with Gasteiger partial charge in [-0.25, -0.2) is 19.0 Å². The number of rotatable bonds is 5. The second kappa shape index (κ2) is 6.05. The van der Waals surface area contributed by atoms with Crippen LogP contribution in [0.15, 0.2) is 30.6 Å². The zero-order valence-electron chi connectivity index (χ0n) is 12.5. The third-order valence-corrected chi connectivity index (χ3v) is 3.57. The van der Waals surface area contributed by atoms with Crippen molar-refractivity contribution in [1.82, 2.24) is 25.0 Å². The van der Waals surface area contributed by atoms with Crippen LogP contribution in [0, 0.1) is 5.82 Å². The summed E-state index contributed by atoms with van der Waals surface area (Å²) >= 11 is 0. The van der Waals surface area contributed by atoms with E-state index in [9.17, 15) is 4.39 Å². The summed E-state index contributed by atoms with van der Waals surface area (Å²) in [4.78, 5) is 8.45. The van der Waals surface area contributed by atoms with E-state index in [0.29, 0.717) is 22.5 Å². The van der Waals surface area contributed by atoms with Gasteiger partial charge in [0, 0.05) is 11.6 Å². The number of halogens is 1. The summed E-state index contributed by atoms with van der Waals surface area (Å²) in [7, 11) is 0. The largest absolute Gasteiger partial charge is 0.366 e. The summed E-state index contributed by atoms with van der Waals surface area (Å²) in [5.41, 5.74) is 1.73. The molecule has 7 heteroatoms. The van der Waals surface area contributed by atoms with Crippen molar-refractivity contribution in [2.24, 2.45) is 0 Å². The van der Waals surface area contributed by atoms with Crippen molar-refractivity contribution in [3.8, 4) is 0 Å². The van der Waals surface area contributed by atoms with E-state index in [-0.39, 0.29) is 18.4 Å². The van der Waals surface area contributed by atoms with Gasteiger partial charge in [-0.15, -0.1) is 5.10 Å². The molecule has 0 bridgehead atoms. The van der Waals surface area contributed by atoms with Crippen molar-refractivity contribution in [1.29, 1.82) is 0 Å². The summed E-state index contributed by atoms with van der Waals surface area (Å²) < 4.78 is 15.4. The highest BCUT2D eigenvalue weighted by atomic mass is 19.1. The fraction of sp³-hybridized carbons (Fsp3) is 0.333. The van der Waals surface area contributed by atoms with E-state index in [1.165, 1.54) is 12.4 Å². The number of hydrogen-bond donors (Lipinski definition) is 1. The molecule has 0 radical (unpaired) electrons. The van der Waals surface area contributed by atoms with E-state index in [1.54, 1.807) is 22.9 Å². The van der Waals surface area contributed by atoms with Crippen molar-refractivity contribution in [3.63, 3.8) is 0 Å². The van der Waals surface area contributed by atoms with Crippen LogP contribution in [-0.2, 0) is 6.54 Å². The van der Waals surface area contributed by atoms with Crippen LogP contribution in [0.1, 0.15) is 25.8 Å². The standard InChI is InChI=1S/C15H17FN6/c1-3-10(2)19-14-13-15(18-9-17-14)22(21-20-13)8-11-6-4-5-7-12(11)16/h4-7,9-10H,3,8H2,1-2H3,(H,17,18,19)/t10-/m1/s1. The van der Waals surface area contributed by atoms with Gasteiger partial charge in [0.1, 0.15) is 12.1 Å². The van der Waals surface area contributed by atoms with Gasteiger partial charge < -0.3 is 5.32 Å². The monoisotopic (exact) mass is 300 g/mol. The zero-order chi connectivity index (χ0) is 15.5. The minimum absolute atomic E-state index is 0.266. The Bertz CT molecular complexity index is 785. The highest BCUT2D eigenvalue weighted by Gasteiger charge is 2.14. The molecule has 1 atom stereocenters. The third-order valence-electron chi connectivity index (χ3n) is 3.57. The number of hydrogen-bond acceptors (Lipinski definition) is 5. The molecule has 1 aromatic carbocycles. The number of benzene rings is 1. The Morgan fingerprint density at radius 1 is 1.27 bits per heavy atom. The number of nitrogens with zero attached hydrogens (tertiary/aromatic N) is 5. The first kappa shape index (κ1) is 14.4. The van der Waals surface area contributed by atoms with Crippen LogP contribution >= 0.6 is 0 Å². The minimum Gasteiger partial charge on any atom is -0.366 e. The van der Waals surface area contributed by atoms with Gasteiger partial charge in [-0.3, -0.25) is 0 Å². The molecule has 22 heavy (non-hydrogen) atoms. The average molecular weight is 300 g/mol. The van der Waals surface area contributed by atoms with Crippen LogP contribution in [0.5, 0.6) is 0 Å². The maximum Gasteiger partial charge on any atom is 0.184 e. The second-order valence-corrected chi connectivity index (χ2v) is 5.19. The van der Waals surface area contributed by atoms with Gasteiger partial charge in [0.2, 0.25) is 0 Å². The summed E-state index contributed by atoms with van der Waals surface area (Å²) in [6.45, 7) is 4.44. The summed E-state index contributed by atoms with van der Waals surface area (Å²) in [6.07, 6.45) is 2.43. The van der Waals surface area contributed by atoms with Crippen LogP contribution in [0.3, 0.4) is 0 Å². The van der Waals surface area contributed by atoms with E-state index in [1.807, 2.05) is 0 Å². The van der Waals surface area contributed by atoms with Gasteiger partial charge >= 0.3 is 0 Å². The molecule has 3 aromatic rings. The van der Waals surface area contributed by atoms with Crippen LogP contribution in [0.4, 0.5) is 10.2 Å². The molecule has 0 saturated heterocycles. The molecule has 0 aliphatic rings. The molecule has 0 aliphatic heterocycles. The number of fused-ring (bicyclic) bond motifs is 1. The number of anilines is 1. The Morgan fingerprint density at radius 3 is 2.86 bits per heavy atom. The lowest BCUT2D eigenvalue weighted by molar-refractivity contribution is 0.582. The van der Waals surface area contributed by atoms with Crippen LogP contribution in [0.25, 0.3) is 11.2 Å². The molecule has 6 nitrogen and oxygen atoms in total. The normalized spacial score (nSPS) is 12.5. The average Bonchev–Trinajstić information content (AvgIpc) is 2.94. The first-order valence-corrected chi connectivity index (χ1v) is 7.23. The van der Waals surface area contributed by atoms with E-state index < -0.39 is 0 Å². The molecule has 0 amide bonds. The molecule has 0 aliphatic carbocycles. The topological polar surface area (TPSA) is 68.5 Å². The van der Waals surface area contributed by atoms with Gasteiger partial charge in [0.15, 0.2) is 17.0 Å². The maximum atomic E-state index is 13.8. The van der Waals surface area contributed by atoms with Gasteiger partial charge in [0.25, 0.3) is 0 Å². The molecule has 2 aromatic heterocycles. The van der Waals surface area contributed by atoms with Crippen LogP contribution in [0.2, 0.25) is 0 Å². The second-order valence-electron chi connectivity index (χ2n) is 5.19. The van der Waals surface area contributed by atoms with E-state index in [4.69, 9.17) is 0 Å². The fourth-order valence-corrected chi connectivity index (χ4v) is 2.13. The lowest BCUT2D eigenvalue weighted by Crippen LogP contribution is -2.15. The quantitative estimate of drug-likeness (QED) is 0.784. The Morgan fingerprint density at radius 2 is 2.09 bits per heavy atom. The van der Waals surface area contributed by atoms with Gasteiger partial charge in [-0.1, -0.05) is 30.3 Å². The molecular formula is C15H17FN6. The molecule has 114 valence electrons. The van der Waals surface area contributed by atoms with Gasteiger partial charge in [-0.05, 0) is 19.4 Å². The van der Waals surface area contributed by atoms with E-state index in [2.05, 4.69) is 39.4 Å². The molecule has 1 N–H and O–H groups in total. The molecule has 2 heterocycles.